The Balaban J connectivity index is 2.01. The van der Waals surface area contributed by atoms with E-state index in [1.165, 1.54) is 23.9 Å². The molecule has 0 bridgehead atoms. The van der Waals surface area contributed by atoms with Crippen LogP contribution in [-0.2, 0) is 10.5 Å². The summed E-state index contributed by atoms with van der Waals surface area (Å²) < 4.78 is 13.1. The Kier molecular flexibility index (Phi) is 6.37. The number of nitrogens with one attached hydrogen (secondary N) is 1. The number of Topliss-reactive ketones (excluding diaryl/α,β-unsaturated/α-hetero) is 1. The molecule has 132 valence electrons. The number of benzene rings is 2. The molecule has 25 heavy (non-hydrogen) atoms. The maximum Gasteiger partial charge on any atom is 0.234 e. The Morgan fingerprint density at radius 1 is 1.12 bits per heavy atom. The summed E-state index contributed by atoms with van der Waals surface area (Å²) in [7, 11) is 0. The SMILES string of the molecule is CC(=O)c1c(C)cc(C)c(CSCC(=O)Nc2cccc(F)c2)c1C. The average Bonchev–Trinajstić information content (AvgIpc) is 2.49. The normalized spacial score (nSPS) is 10.6. The van der Waals surface area contributed by atoms with E-state index >= 15 is 0 Å². The molecule has 0 atom stereocenters. The highest BCUT2D eigenvalue weighted by molar-refractivity contribution is 7.99. The minimum absolute atomic E-state index is 0.0603. The van der Waals surface area contributed by atoms with Crippen LogP contribution in [0, 0.1) is 26.6 Å². The van der Waals surface area contributed by atoms with E-state index in [1.54, 1.807) is 19.1 Å². The van der Waals surface area contributed by atoms with Crippen LogP contribution in [0.2, 0.25) is 0 Å². The number of thioether (sulfide) groups is 1. The van der Waals surface area contributed by atoms with E-state index in [9.17, 15) is 14.0 Å². The third-order valence-electron chi connectivity index (χ3n) is 4.07. The third-order valence-corrected chi connectivity index (χ3v) is 5.03. The predicted molar refractivity (Wildman–Crippen MR) is 102 cm³/mol. The maximum absolute atomic E-state index is 13.1. The number of halogens is 1. The lowest BCUT2D eigenvalue weighted by Gasteiger charge is -2.15. The summed E-state index contributed by atoms with van der Waals surface area (Å²) in [5.41, 5.74) is 5.41. The van der Waals surface area contributed by atoms with Gasteiger partial charge in [-0.25, -0.2) is 4.39 Å². The smallest absolute Gasteiger partial charge is 0.234 e. The Bertz CT molecular complexity index is 818. The predicted octanol–water partition coefficient (Wildman–Crippen LogP) is 4.83. The van der Waals surface area contributed by atoms with Crippen LogP contribution in [0.4, 0.5) is 10.1 Å². The lowest BCUT2D eigenvalue weighted by Crippen LogP contribution is -2.14. The highest BCUT2D eigenvalue weighted by Gasteiger charge is 2.14. The Morgan fingerprint density at radius 3 is 2.48 bits per heavy atom. The highest BCUT2D eigenvalue weighted by atomic mass is 32.2. The van der Waals surface area contributed by atoms with Gasteiger partial charge in [0, 0.05) is 17.0 Å². The van der Waals surface area contributed by atoms with Gasteiger partial charge in [-0.2, -0.15) is 0 Å². The number of anilines is 1. The van der Waals surface area contributed by atoms with E-state index in [2.05, 4.69) is 5.32 Å². The summed E-state index contributed by atoms with van der Waals surface area (Å²) in [6.45, 7) is 7.50. The Labute approximate surface area is 152 Å². The number of carbonyl (C=O) groups is 2. The Morgan fingerprint density at radius 2 is 1.84 bits per heavy atom. The van der Waals surface area contributed by atoms with Crippen molar-refractivity contribution in [3.05, 3.63) is 64.0 Å². The molecule has 2 aromatic carbocycles. The van der Waals surface area contributed by atoms with Gasteiger partial charge in [-0.3, -0.25) is 9.59 Å². The molecule has 0 fully saturated rings. The topological polar surface area (TPSA) is 46.2 Å². The van der Waals surface area contributed by atoms with Gasteiger partial charge in [0.25, 0.3) is 0 Å². The van der Waals surface area contributed by atoms with Crippen molar-refractivity contribution in [2.75, 3.05) is 11.1 Å². The lowest BCUT2D eigenvalue weighted by atomic mass is 9.92. The summed E-state index contributed by atoms with van der Waals surface area (Å²) in [6, 6.07) is 7.85. The molecule has 0 aliphatic rings. The number of aryl methyl sites for hydroxylation is 2. The molecule has 0 unspecified atom stereocenters. The second-order valence-electron chi connectivity index (χ2n) is 6.10. The molecule has 2 rings (SSSR count). The van der Waals surface area contributed by atoms with Gasteiger partial charge in [0.15, 0.2) is 5.78 Å². The first-order valence-electron chi connectivity index (χ1n) is 8.03. The zero-order valence-corrected chi connectivity index (χ0v) is 15.7. The van der Waals surface area contributed by atoms with Crippen molar-refractivity contribution in [2.24, 2.45) is 0 Å². The number of hydrogen-bond donors (Lipinski definition) is 1. The fraction of sp³-hybridized carbons (Fsp3) is 0.300. The van der Waals surface area contributed by atoms with Crippen LogP contribution < -0.4 is 5.32 Å². The standard InChI is InChI=1S/C20H22FNO2S/c1-12-8-13(2)20(15(4)23)14(3)18(12)10-25-11-19(24)22-17-7-5-6-16(21)9-17/h5-9H,10-11H2,1-4H3,(H,22,24). The first-order chi connectivity index (χ1) is 11.8. The average molecular weight is 359 g/mol. The molecule has 5 heteroatoms. The van der Waals surface area contributed by atoms with E-state index in [0.29, 0.717) is 11.4 Å². The van der Waals surface area contributed by atoms with Gasteiger partial charge in [0.2, 0.25) is 5.91 Å². The van der Waals surface area contributed by atoms with Gasteiger partial charge < -0.3 is 5.32 Å². The van der Waals surface area contributed by atoms with Gasteiger partial charge in [-0.15, -0.1) is 11.8 Å². The van der Waals surface area contributed by atoms with E-state index in [0.717, 1.165) is 27.8 Å². The molecule has 0 saturated carbocycles. The zero-order valence-electron chi connectivity index (χ0n) is 14.9. The summed E-state index contributed by atoms with van der Waals surface area (Å²) in [5.74, 6) is 0.413. The van der Waals surface area contributed by atoms with Crippen LogP contribution in [0.5, 0.6) is 0 Å². The number of amides is 1. The number of rotatable bonds is 6. The van der Waals surface area contributed by atoms with Gasteiger partial charge in [0.05, 0.1) is 5.75 Å². The monoisotopic (exact) mass is 359 g/mol. The fourth-order valence-electron chi connectivity index (χ4n) is 3.00. The number of ketones is 1. The minimum atomic E-state index is -0.381. The van der Waals surface area contributed by atoms with Crippen molar-refractivity contribution < 1.29 is 14.0 Å². The van der Waals surface area contributed by atoms with Crippen LogP contribution in [0.25, 0.3) is 0 Å². The summed E-state index contributed by atoms with van der Waals surface area (Å²) >= 11 is 1.48. The summed E-state index contributed by atoms with van der Waals surface area (Å²) in [5, 5.41) is 2.68. The summed E-state index contributed by atoms with van der Waals surface area (Å²) in [6.07, 6.45) is 0. The van der Waals surface area contributed by atoms with E-state index < -0.39 is 0 Å². The number of hydrogen-bond acceptors (Lipinski definition) is 3. The van der Waals surface area contributed by atoms with Crippen LogP contribution in [0.1, 0.15) is 39.5 Å². The molecule has 1 amide bonds. The van der Waals surface area contributed by atoms with E-state index in [-0.39, 0.29) is 23.3 Å². The molecule has 3 nitrogen and oxygen atoms in total. The molecule has 0 heterocycles. The van der Waals surface area contributed by atoms with Crippen molar-refractivity contribution in [3.8, 4) is 0 Å². The van der Waals surface area contributed by atoms with Crippen LogP contribution in [0.3, 0.4) is 0 Å². The van der Waals surface area contributed by atoms with Crippen LogP contribution in [0.15, 0.2) is 30.3 Å². The lowest BCUT2D eigenvalue weighted by molar-refractivity contribution is -0.113. The number of carbonyl (C=O) groups excluding carboxylic acids is 2. The van der Waals surface area contributed by atoms with Crippen molar-refractivity contribution in [3.63, 3.8) is 0 Å². The minimum Gasteiger partial charge on any atom is -0.325 e. The van der Waals surface area contributed by atoms with Gasteiger partial charge in [-0.05, 0) is 68.1 Å². The van der Waals surface area contributed by atoms with Crippen LogP contribution >= 0.6 is 11.8 Å². The van der Waals surface area contributed by atoms with Crippen molar-refractivity contribution in [2.45, 2.75) is 33.4 Å². The second kappa shape index (κ2) is 8.30. The molecule has 2 aromatic rings. The van der Waals surface area contributed by atoms with Gasteiger partial charge >= 0.3 is 0 Å². The van der Waals surface area contributed by atoms with Crippen molar-refractivity contribution in [1.82, 2.24) is 0 Å². The first kappa shape index (κ1) is 19.2. The van der Waals surface area contributed by atoms with E-state index in [1.807, 2.05) is 26.8 Å². The fourth-order valence-corrected chi connectivity index (χ4v) is 4.01. The molecule has 0 spiro atoms. The molecule has 0 aliphatic heterocycles. The molecular weight excluding hydrogens is 337 g/mol. The van der Waals surface area contributed by atoms with Crippen molar-refractivity contribution >= 4 is 29.1 Å². The van der Waals surface area contributed by atoms with E-state index in [4.69, 9.17) is 0 Å². The third kappa shape index (κ3) is 4.92. The maximum atomic E-state index is 13.1. The quantitative estimate of drug-likeness (QED) is 0.752. The largest absolute Gasteiger partial charge is 0.325 e. The Hall–Kier alpha value is -2.14. The molecule has 1 N–H and O–H groups in total. The van der Waals surface area contributed by atoms with Gasteiger partial charge in [-0.1, -0.05) is 12.1 Å². The molecule has 0 aromatic heterocycles. The van der Waals surface area contributed by atoms with Gasteiger partial charge in [0.1, 0.15) is 5.82 Å². The molecule has 0 aliphatic carbocycles. The second-order valence-corrected chi connectivity index (χ2v) is 7.08. The zero-order chi connectivity index (χ0) is 18.6. The molecule has 0 radical (unpaired) electrons. The van der Waals surface area contributed by atoms with Crippen molar-refractivity contribution in [1.29, 1.82) is 0 Å². The molecular formula is C20H22FNO2S. The first-order valence-corrected chi connectivity index (χ1v) is 9.19. The molecule has 0 saturated heterocycles. The van der Waals surface area contributed by atoms with Crippen LogP contribution in [-0.4, -0.2) is 17.4 Å². The summed E-state index contributed by atoms with van der Waals surface area (Å²) in [4.78, 5) is 23.9. The highest BCUT2D eigenvalue weighted by Crippen LogP contribution is 2.26.